The zero-order valence-electron chi connectivity index (χ0n) is 14.3. The first-order valence-electron chi connectivity index (χ1n) is 8.23. The van der Waals surface area contributed by atoms with E-state index < -0.39 is 39.3 Å². The SMILES string of the molecule is O=C(Nc1cc(F)c(F)c(F)c1)c1ccc(Cl)c(S(=O)(=O)C[C@H]2C[C@@H](O)C2)c1. The molecule has 1 aliphatic carbocycles. The van der Waals surface area contributed by atoms with Crippen LogP contribution in [0.3, 0.4) is 0 Å². The third kappa shape index (κ3) is 4.31. The van der Waals surface area contributed by atoms with Crippen molar-refractivity contribution in [2.24, 2.45) is 5.92 Å². The molecule has 0 atom stereocenters. The second-order valence-corrected chi connectivity index (χ2v) is 9.04. The van der Waals surface area contributed by atoms with Crippen LogP contribution < -0.4 is 5.32 Å². The van der Waals surface area contributed by atoms with Crippen molar-refractivity contribution in [1.82, 2.24) is 0 Å². The Hall–Kier alpha value is -2.10. The first-order valence-corrected chi connectivity index (χ1v) is 10.3. The molecule has 0 bridgehead atoms. The smallest absolute Gasteiger partial charge is 0.255 e. The summed E-state index contributed by atoms with van der Waals surface area (Å²) in [6.45, 7) is 0. The molecule has 150 valence electrons. The van der Waals surface area contributed by atoms with E-state index in [0.29, 0.717) is 25.0 Å². The van der Waals surface area contributed by atoms with Crippen LogP contribution in [0.25, 0.3) is 0 Å². The molecule has 0 aliphatic heterocycles. The van der Waals surface area contributed by atoms with E-state index >= 15 is 0 Å². The molecule has 0 heterocycles. The fourth-order valence-corrected chi connectivity index (χ4v) is 5.16. The number of nitrogens with one attached hydrogen (secondary N) is 1. The highest BCUT2D eigenvalue weighted by molar-refractivity contribution is 7.91. The third-order valence-electron chi connectivity index (χ3n) is 4.44. The summed E-state index contributed by atoms with van der Waals surface area (Å²) in [5.41, 5.74) is -0.439. The molecule has 2 N–H and O–H groups in total. The number of carbonyl (C=O) groups is 1. The average molecular weight is 434 g/mol. The number of hydrogen-bond donors (Lipinski definition) is 2. The molecule has 10 heteroatoms. The number of benzene rings is 2. The van der Waals surface area contributed by atoms with Crippen molar-refractivity contribution in [1.29, 1.82) is 0 Å². The topological polar surface area (TPSA) is 83.5 Å². The van der Waals surface area contributed by atoms with E-state index in [-0.39, 0.29) is 32.8 Å². The number of halogens is 4. The number of rotatable bonds is 5. The Kier molecular flexibility index (Phi) is 5.69. The van der Waals surface area contributed by atoms with Gasteiger partial charge in [-0.3, -0.25) is 4.79 Å². The van der Waals surface area contributed by atoms with Crippen LogP contribution in [-0.4, -0.2) is 31.3 Å². The third-order valence-corrected chi connectivity index (χ3v) is 6.80. The number of sulfone groups is 1. The van der Waals surface area contributed by atoms with Crippen LogP contribution >= 0.6 is 11.6 Å². The number of hydrogen-bond acceptors (Lipinski definition) is 4. The van der Waals surface area contributed by atoms with Gasteiger partial charge in [0, 0.05) is 23.4 Å². The first-order chi connectivity index (χ1) is 13.1. The van der Waals surface area contributed by atoms with Gasteiger partial charge in [0.1, 0.15) is 0 Å². The van der Waals surface area contributed by atoms with E-state index in [1.807, 2.05) is 0 Å². The fraction of sp³-hybridized carbons (Fsp3) is 0.278. The number of amides is 1. The highest BCUT2D eigenvalue weighted by Crippen LogP contribution is 2.32. The minimum Gasteiger partial charge on any atom is -0.393 e. The Balaban J connectivity index is 1.83. The van der Waals surface area contributed by atoms with E-state index in [4.69, 9.17) is 11.6 Å². The molecule has 0 spiro atoms. The van der Waals surface area contributed by atoms with Crippen LogP contribution in [-0.2, 0) is 9.84 Å². The van der Waals surface area contributed by atoms with Crippen LogP contribution in [0.4, 0.5) is 18.9 Å². The van der Waals surface area contributed by atoms with Crippen molar-refractivity contribution in [3.05, 3.63) is 58.4 Å². The van der Waals surface area contributed by atoms with Crippen molar-refractivity contribution in [2.45, 2.75) is 23.8 Å². The van der Waals surface area contributed by atoms with E-state index in [1.165, 1.54) is 12.1 Å². The first kappa shape index (κ1) is 20.6. The summed E-state index contributed by atoms with van der Waals surface area (Å²) in [6.07, 6.45) is 0.238. The van der Waals surface area contributed by atoms with Crippen LogP contribution in [0, 0.1) is 23.4 Å². The highest BCUT2D eigenvalue weighted by atomic mass is 35.5. The Morgan fingerprint density at radius 2 is 1.75 bits per heavy atom. The molecule has 5 nitrogen and oxygen atoms in total. The molecule has 2 aromatic rings. The van der Waals surface area contributed by atoms with Crippen LogP contribution in [0.5, 0.6) is 0 Å². The summed E-state index contributed by atoms with van der Waals surface area (Å²) >= 11 is 5.98. The predicted octanol–water partition coefficient (Wildman–Crippen LogP) is 3.55. The number of aliphatic hydroxyl groups is 1. The van der Waals surface area contributed by atoms with Crippen LogP contribution in [0.1, 0.15) is 23.2 Å². The second kappa shape index (κ2) is 7.73. The van der Waals surface area contributed by atoms with Crippen molar-refractivity contribution < 1.29 is 31.5 Å². The van der Waals surface area contributed by atoms with Gasteiger partial charge in [0.05, 0.1) is 21.8 Å². The summed E-state index contributed by atoms with van der Waals surface area (Å²) in [5, 5.41) is 11.4. The summed E-state index contributed by atoms with van der Waals surface area (Å²) in [4.78, 5) is 12.1. The van der Waals surface area contributed by atoms with E-state index in [9.17, 15) is 31.5 Å². The standard InChI is InChI=1S/C18H15ClF3NO4S/c19-13-2-1-10(5-16(13)28(26,27)8-9-3-12(24)4-9)18(25)23-11-6-14(20)17(22)15(21)7-11/h1-2,5-7,9,12,24H,3-4,8H2,(H,23,25)/t9-,12+. The lowest BCUT2D eigenvalue weighted by Gasteiger charge is -2.31. The van der Waals surface area contributed by atoms with Crippen molar-refractivity contribution in [3.63, 3.8) is 0 Å². The normalized spacial score (nSPS) is 19.2. The van der Waals surface area contributed by atoms with Gasteiger partial charge in [-0.1, -0.05) is 11.6 Å². The molecule has 2 aromatic carbocycles. The molecule has 0 radical (unpaired) electrons. The van der Waals surface area contributed by atoms with E-state index in [2.05, 4.69) is 5.32 Å². The Morgan fingerprint density at radius 3 is 2.32 bits per heavy atom. The molecule has 0 saturated heterocycles. The molecular weight excluding hydrogens is 419 g/mol. The molecule has 1 amide bonds. The zero-order chi connectivity index (χ0) is 20.6. The summed E-state index contributed by atoms with van der Waals surface area (Å²) < 4.78 is 64.7. The molecule has 1 fully saturated rings. The van der Waals surface area contributed by atoms with Gasteiger partial charge in [0.2, 0.25) is 0 Å². The molecular formula is C18H15ClF3NO4S. The summed E-state index contributed by atoms with van der Waals surface area (Å²) in [5.74, 6) is -5.88. The van der Waals surface area contributed by atoms with Crippen molar-refractivity contribution in [2.75, 3.05) is 11.1 Å². The maximum Gasteiger partial charge on any atom is 0.255 e. The number of aliphatic hydroxyl groups excluding tert-OH is 1. The minimum absolute atomic E-state index is 0.0738. The van der Waals surface area contributed by atoms with Gasteiger partial charge < -0.3 is 10.4 Å². The van der Waals surface area contributed by atoms with Gasteiger partial charge >= 0.3 is 0 Å². The second-order valence-electron chi connectivity index (χ2n) is 6.63. The molecule has 0 unspecified atom stereocenters. The summed E-state index contributed by atoms with van der Waals surface area (Å²) in [7, 11) is -3.82. The van der Waals surface area contributed by atoms with Gasteiger partial charge in [0.25, 0.3) is 5.91 Å². The van der Waals surface area contributed by atoms with Crippen molar-refractivity contribution in [3.8, 4) is 0 Å². The quantitative estimate of drug-likeness (QED) is 0.706. The number of carbonyl (C=O) groups excluding carboxylic acids is 1. The highest BCUT2D eigenvalue weighted by Gasteiger charge is 2.33. The van der Waals surface area contributed by atoms with Gasteiger partial charge in [-0.25, -0.2) is 21.6 Å². The lowest BCUT2D eigenvalue weighted by Crippen LogP contribution is -2.33. The van der Waals surface area contributed by atoms with E-state index in [0.717, 1.165) is 6.07 Å². The molecule has 1 aliphatic rings. The Morgan fingerprint density at radius 1 is 1.14 bits per heavy atom. The van der Waals surface area contributed by atoms with Gasteiger partial charge in [0.15, 0.2) is 27.3 Å². The minimum atomic E-state index is -3.82. The Labute approximate surface area is 164 Å². The predicted molar refractivity (Wildman–Crippen MR) is 96.5 cm³/mol. The van der Waals surface area contributed by atoms with Crippen LogP contribution in [0.15, 0.2) is 35.2 Å². The summed E-state index contributed by atoms with van der Waals surface area (Å²) in [6, 6.07) is 4.75. The fourth-order valence-electron chi connectivity index (χ4n) is 2.95. The van der Waals surface area contributed by atoms with E-state index in [1.54, 1.807) is 0 Å². The zero-order valence-corrected chi connectivity index (χ0v) is 15.8. The molecule has 1 saturated carbocycles. The number of anilines is 1. The maximum atomic E-state index is 13.3. The van der Waals surface area contributed by atoms with Crippen LogP contribution in [0.2, 0.25) is 5.02 Å². The van der Waals surface area contributed by atoms with Gasteiger partial charge in [-0.2, -0.15) is 0 Å². The lowest BCUT2D eigenvalue weighted by atomic mass is 9.84. The Bertz CT molecular complexity index is 1020. The van der Waals surface area contributed by atoms with Crippen molar-refractivity contribution >= 4 is 33.0 Å². The van der Waals surface area contributed by atoms with Gasteiger partial charge in [-0.15, -0.1) is 0 Å². The lowest BCUT2D eigenvalue weighted by molar-refractivity contribution is 0.0526. The van der Waals surface area contributed by atoms with Gasteiger partial charge in [-0.05, 0) is 37.0 Å². The molecule has 28 heavy (non-hydrogen) atoms. The molecule has 0 aromatic heterocycles. The maximum absolute atomic E-state index is 13.3. The molecule has 3 rings (SSSR count). The average Bonchev–Trinajstić information content (AvgIpc) is 2.58. The monoisotopic (exact) mass is 433 g/mol. The largest absolute Gasteiger partial charge is 0.393 e.